The maximum absolute atomic E-state index is 13.5. The first kappa shape index (κ1) is 25.1. The fourth-order valence-corrected chi connectivity index (χ4v) is 6.45. The topological polar surface area (TPSA) is 83.9 Å². The second kappa shape index (κ2) is 11.1. The number of benzene rings is 2. The predicted molar refractivity (Wildman–Crippen MR) is 129 cm³/mol. The molecule has 0 bridgehead atoms. The van der Waals surface area contributed by atoms with Crippen molar-refractivity contribution in [2.75, 3.05) is 23.0 Å². The second-order valence-corrected chi connectivity index (χ2v) is 11.1. The summed E-state index contributed by atoms with van der Waals surface area (Å²) in [5, 5.41) is 8.77. The Hall–Kier alpha value is -2.52. The Labute approximate surface area is 198 Å². The molecule has 33 heavy (non-hydrogen) atoms. The average Bonchev–Trinajstić information content (AvgIpc) is 2.90. The van der Waals surface area contributed by atoms with E-state index in [2.05, 4.69) is 6.92 Å². The standard InChI is InChI=1S/C24H28FNO5S2/c1-3-5-9-17-14-26(18-10-7-6-8-11-18)20-12-22(32-4-2)21(31-15-19(25)24(27)28)13-23(20)33(29,30)16-17/h6-8,10-13,15,17H,3-5,9,14,16H2,1-2H3,(H,27,28). The van der Waals surface area contributed by atoms with Gasteiger partial charge in [0.05, 0.1) is 21.2 Å². The van der Waals surface area contributed by atoms with E-state index < -0.39 is 21.6 Å². The molecule has 2 aromatic rings. The van der Waals surface area contributed by atoms with Gasteiger partial charge < -0.3 is 14.7 Å². The third-order valence-electron chi connectivity index (χ3n) is 5.37. The maximum Gasteiger partial charge on any atom is 0.368 e. The molecule has 9 heteroatoms. The molecule has 3 rings (SSSR count). The zero-order valence-corrected chi connectivity index (χ0v) is 20.3. The number of rotatable bonds is 9. The highest BCUT2D eigenvalue weighted by atomic mass is 32.2. The molecule has 0 fully saturated rings. The van der Waals surface area contributed by atoms with Crippen LogP contribution in [0.2, 0.25) is 0 Å². The van der Waals surface area contributed by atoms with Gasteiger partial charge in [-0.1, -0.05) is 44.9 Å². The number of unbranched alkanes of at least 4 members (excludes halogenated alkanes) is 1. The number of fused-ring (bicyclic) bond motifs is 1. The van der Waals surface area contributed by atoms with E-state index in [4.69, 9.17) is 9.84 Å². The van der Waals surface area contributed by atoms with Crippen LogP contribution in [-0.4, -0.2) is 37.5 Å². The molecule has 178 valence electrons. The number of sulfone groups is 1. The van der Waals surface area contributed by atoms with Crippen LogP contribution in [-0.2, 0) is 14.6 Å². The Morgan fingerprint density at radius 2 is 2.00 bits per heavy atom. The van der Waals surface area contributed by atoms with Crippen LogP contribution in [0, 0.1) is 5.92 Å². The number of halogens is 1. The Kier molecular flexibility index (Phi) is 8.42. The Balaban J connectivity index is 2.18. The van der Waals surface area contributed by atoms with Crippen molar-refractivity contribution in [3.63, 3.8) is 0 Å². The van der Waals surface area contributed by atoms with Crippen LogP contribution in [0.1, 0.15) is 33.1 Å². The van der Waals surface area contributed by atoms with Crippen molar-refractivity contribution in [1.29, 1.82) is 0 Å². The molecule has 1 aliphatic rings. The fraction of sp³-hybridized carbons (Fsp3) is 0.375. The van der Waals surface area contributed by atoms with Gasteiger partial charge in [0, 0.05) is 18.3 Å². The Morgan fingerprint density at radius 1 is 1.27 bits per heavy atom. The van der Waals surface area contributed by atoms with Crippen LogP contribution in [0.4, 0.5) is 15.8 Å². The summed E-state index contributed by atoms with van der Waals surface area (Å²) in [6.07, 6.45) is 3.20. The van der Waals surface area contributed by atoms with Gasteiger partial charge in [0.25, 0.3) is 0 Å². The first-order chi connectivity index (χ1) is 15.8. The molecule has 2 aromatic carbocycles. The van der Waals surface area contributed by atoms with E-state index in [1.165, 1.54) is 17.8 Å². The van der Waals surface area contributed by atoms with E-state index in [9.17, 15) is 17.6 Å². The maximum atomic E-state index is 13.5. The van der Waals surface area contributed by atoms with Gasteiger partial charge >= 0.3 is 5.97 Å². The monoisotopic (exact) mass is 493 g/mol. The summed E-state index contributed by atoms with van der Waals surface area (Å²) in [4.78, 5) is 13.5. The number of anilines is 2. The van der Waals surface area contributed by atoms with Crippen LogP contribution in [0.3, 0.4) is 0 Å². The number of carbonyl (C=O) groups is 1. The molecule has 1 unspecified atom stereocenters. The van der Waals surface area contributed by atoms with Crippen LogP contribution >= 0.6 is 11.8 Å². The summed E-state index contributed by atoms with van der Waals surface area (Å²) >= 11 is 1.41. The molecular weight excluding hydrogens is 465 g/mol. The third kappa shape index (κ3) is 6.09. The average molecular weight is 494 g/mol. The van der Waals surface area contributed by atoms with Crippen LogP contribution < -0.4 is 9.64 Å². The lowest BCUT2D eigenvalue weighted by Crippen LogP contribution is -2.26. The smallest absolute Gasteiger partial charge is 0.368 e. The minimum absolute atomic E-state index is 0.00235. The zero-order chi connectivity index (χ0) is 24.0. The van der Waals surface area contributed by atoms with Gasteiger partial charge in [-0.3, -0.25) is 0 Å². The third-order valence-corrected chi connectivity index (χ3v) is 8.20. The summed E-state index contributed by atoms with van der Waals surface area (Å²) < 4.78 is 45.7. The quantitative estimate of drug-likeness (QED) is 0.268. The van der Waals surface area contributed by atoms with E-state index in [1.54, 1.807) is 6.07 Å². The summed E-state index contributed by atoms with van der Waals surface area (Å²) in [7, 11) is -3.67. The van der Waals surface area contributed by atoms with Gasteiger partial charge in [-0.15, -0.1) is 11.8 Å². The zero-order valence-electron chi connectivity index (χ0n) is 18.7. The number of carboxylic acid groups (broad SMARTS) is 1. The number of nitrogens with zero attached hydrogens (tertiary/aromatic N) is 1. The lowest BCUT2D eigenvalue weighted by Gasteiger charge is -2.28. The highest BCUT2D eigenvalue weighted by molar-refractivity contribution is 7.99. The van der Waals surface area contributed by atoms with Crippen LogP contribution in [0.5, 0.6) is 5.75 Å². The minimum Gasteiger partial charge on any atom is -0.476 e. The summed E-state index contributed by atoms with van der Waals surface area (Å²) in [5.41, 5.74) is 1.43. The number of hydrogen-bond acceptors (Lipinski definition) is 6. The number of thioether (sulfide) groups is 1. The molecule has 1 atom stereocenters. The molecule has 0 spiro atoms. The lowest BCUT2D eigenvalue weighted by atomic mass is 10.0. The van der Waals surface area contributed by atoms with E-state index >= 15 is 0 Å². The molecule has 1 aliphatic heterocycles. The molecule has 0 saturated heterocycles. The molecule has 0 radical (unpaired) electrons. The van der Waals surface area contributed by atoms with Gasteiger partial charge in [-0.25, -0.2) is 13.2 Å². The van der Waals surface area contributed by atoms with Crippen molar-refractivity contribution in [3.05, 3.63) is 54.6 Å². The number of carboxylic acids is 1. The number of aliphatic carboxylic acids is 1. The molecular formula is C24H28FNO5S2. The summed E-state index contributed by atoms with van der Waals surface area (Å²) in [6.45, 7) is 4.57. The Morgan fingerprint density at radius 3 is 2.64 bits per heavy atom. The molecule has 0 saturated carbocycles. The van der Waals surface area contributed by atoms with Crippen molar-refractivity contribution >= 4 is 38.9 Å². The van der Waals surface area contributed by atoms with Crippen LogP contribution in [0.15, 0.2) is 64.3 Å². The largest absolute Gasteiger partial charge is 0.476 e. The second-order valence-electron chi connectivity index (χ2n) is 7.82. The van der Waals surface area contributed by atoms with Crippen molar-refractivity contribution in [2.24, 2.45) is 5.92 Å². The van der Waals surface area contributed by atoms with E-state index in [1.807, 2.05) is 42.2 Å². The van der Waals surface area contributed by atoms with Gasteiger partial charge in [0.2, 0.25) is 5.83 Å². The number of para-hydroxylation sites is 1. The van der Waals surface area contributed by atoms with E-state index in [0.29, 0.717) is 29.1 Å². The molecule has 0 aromatic heterocycles. The lowest BCUT2D eigenvalue weighted by molar-refractivity contribution is -0.134. The SMILES string of the molecule is CCCCC1CN(c2ccccc2)c2cc(SCC)c(OC=C(F)C(=O)O)cc2S(=O)(=O)C1. The number of hydrogen-bond donors (Lipinski definition) is 1. The van der Waals surface area contributed by atoms with Gasteiger partial charge in [-0.2, -0.15) is 4.39 Å². The van der Waals surface area contributed by atoms with Crippen molar-refractivity contribution in [3.8, 4) is 5.75 Å². The van der Waals surface area contributed by atoms with E-state index in [-0.39, 0.29) is 22.3 Å². The first-order valence-electron chi connectivity index (χ1n) is 10.9. The normalized spacial score (nSPS) is 17.8. The molecule has 0 aliphatic carbocycles. The summed E-state index contributed by atoms with van der Waals surface area (Å²) in [5.74, 6) is -2.50. The minimum atomic E-state index is -3.67. The molecule has 0 amide bonds. The fourth-order valence-electron chi connectivity index (χ4n) is 3.85. The van der Waals surface area contributed by atoms with Crippen molar-refractivity contribution in [2.45, 2.75) is 42.9 Å². The van der Waals surface area contributed by atoms with Gasteiger partial charge in [-0.05, 0) is 36.3 Å². The molecule has 6 nitrogen and oxygen atoms in total. The van der Waals surface area contributed by atoms with Gasteiger partial charge in [0.1, 0.15) is 12.0 Å². The highest BCUT2D eigenvalue weighted by Gasteiger charge is 2.33. The van der Waals surface area contributed by atoms with Crippen LogP contribution in [0.25, 0.3) is 0 Å². The van der Waals surface area contributed by atoms with Crippen molar-refractivity contribution < 1.29 is 27.4 Å². The van der Waals surface area contributed by atoms with Gasteiger partial charge in [0.15, 0.2) is 9.84 Å². The molecule has 1 N–H and O–H groups in total. The first-order valence-corrected chi connectivity index (χ1v) is 13.5. The highest BCUT2D eigenvalue weighted by Crippen LogP contribution is 2.43. The summed E-state index contributed by atoms with van der Waals surface area (Å²) in [6, 6.07) is 12.8. The number of ether oxygens (including phenoxy) is 1. The molecule has 1 heterocycles. The Bertz CT molecular complexity index is 1120. The van der Waals surface area contributed by atoms with Crippen molar-refractivity contribution in [1.82, 2.24) is 0 Å². The van der Waals surface area contributed by atoms with E-state index in [0.717, 1.165) is 24.9 Å². The predicted octanol–water partition coefficient (Wildman–Crippen LogP) is 5.80.